The number of aromatic amines is 1. The number of thioether (sulfide) groups is 1. The van der Waals surface area contributed by atoms with Gasteiger partial charge in [0.25, 0.3) is 0 Å². The van der Waals surface area contributed by atoms with Crippen LogP contribution in [-0.2, 0) is 0 Å². The van der Waals surface area contributed by atoms with Crippen molar-refractivity contribution in [3.05, 3.63) is 51.8 Å². The SMILES string of the molecule is Cc1ccc(-[n+]2[nH]oc(=O)c2C2=Nn3c(C)nnc3SC2)cc1. The number of hydrogen-bond acceptors (Lipinski definition) is 6. The van der Waals surface area contributed by atoms with Crippen molar-refractivity contribution in [3.8, 4) is 5.69 Å². The highest BCUT2D eigenvalue weighted by Gasteiger charge is 2.32. The fourth-order valence-electron chi connectivity index (χ4n) is 2.34. The molecule has 0 aliphatic carbocycles. The van der Waals surface area contributed by atoms with Crippen LogP contribution in [0.2, 0.25) is 0 Å². The first-order chi connectivity index (χ1) is 11.1. The monoisotopic (exact) mass is 329 g/mol. The molecule has 116 valence electrons. The van der Waals surface area contributed by atoms with Crippen LogP contribution in [0.25, 0.3) is 5.69 Å². The lowest BCUT2D eigenvalue weighted by molar-refractivity contribution is -0.671. The van der Waals surface area contributed by atoms with Gasteiger partial charge >= 0.3 is 11.3 Å². The molecule has 2 aromatic heterocycles. The van der Waals surface area contributed by atoms with E-state index in [9.17, 15) is 4.79 Å². The maximum Gasteiger partial charge on any atom is 0.437 e. The van der Waals surface area contributed by atoms with Crippen molar-refractivity contribution in [1.29, 1.82) is 0 Å². The predicted octanol–water partition coefficient (Wildman–Crippen LogP) is 0.811. The number of aromatic nitrogens is 5. The van der Waals surface area contributed by atoms with E-state index in [1.54, 1.807) is 9.36 Å². The topological polar surface area (TPSA) is 93.0 Å². The molecule has 0 saturated heterocycles. The first-order valence-corrected chi connectivity index (χ1v) is 7.95. The van der Waals surface area contributed by atoms with Gasteiger partial charge in [-0.1, -0.05) is 29.5 Å². The molecule has 1 aromatic carbocycles. The smallest absolute Gasteiger partial charge is 0.282 e. The average Bonchev–Trinajstić information content (AvgIpc) is 3.11. The molecule has 23 heavy (non-hydrogen) atoms. The summed E-state index contributed by atoms with van der Waals surface area (Å²) < 4.78 is 8.22. The number of aryl methyl sites for hydroxylation is 2. The molecule has 1 aliphatic heterocycles. The van der Waals surface area contributed by atoms with Gasteiger partial charge in [0.1, 0.15) is 0 Å². The summed E-state index contributed by atoms with van der Waals surface area (Å²) in [6.07, 6.45) is 0. The maximum absolute atomic E-state index is 12.2. The summed E-state index contributed by atoms with van der Waals surface area (Å²) in [4.78, 5) is 12.2. The van der Waals surface area contributed by atoms with E-state index in [-0.39, 0.29) is 0 Å². The van der Waals surface area contributed by atoms with Crippen molar-refractivity contribution in [1.82, 2.24) is 20.1 Å². The Hall–Kier alpha value is -2.68. The molecule has 0 saturated carbocycles. The highest BCUT2D eigenvalue weighted by molar-refractivity contribution is 7.99. The summed E-state index contributed by atoms with van der Waals surface area (Å²) in [6, 6.07) is 7.76. The number of hydrogen-bond donors (Lipinski definition) is 1. The third-order valence-corrected chi connectivity index (χ3v) is 4.47. The molecule has 3 aromatic rings. The molecule has 0 bridgehead atoms. The van der Waals surface area contributed by atoms with E-state index in [0.717, 1.165) is 11.3 Å². The molecule has 4 rings (SSSR count). The van der Waals surface area contributed by atoms with Crippen LogP contribution < -0.4 is 10.3 Å². The molecule has 0 amide bonds. The second-order valence-electron chi connectivity index (χ2n) is 5.18. The third-order valence-electron chi connectivity index (χ3n) is 3.54. The van der Waals surface area contributed by atoms with Crippen LogP contribution >= 0.6 is 11.8 Å². The zero-order valence-corrected chi connectivity index (χ0v) is 13.3. The van der Waals surface area contributed by atoms with Gasteiger partial charge in [0.05, 0.1) is 5.75 Å². The molecule has 3 heterocycles. The van der Waals surface area contributed by atoms with Crippen LogP contribution in [0.15, 0.2) is 43.8 Å². The molecule has 0 radical (unpaired) electrons. The van der Waals surface area contributed by atoms with Gasteiger partial charge in [-0.3, -0.25) is 4.52 Å². The van der Waals surface area contributed by atoms with E-state index < -0.39 is 5.63 Å². The molecule has 0 spiro atoms. The maximum atomic E-state index is 12.2. The Morgan fingerprint density at radius 3 is 2.83 bits per heavy atom. The quantitative estimate of drug-likeness (QED) is 0.702. The zero-order chi connectivity index (χ0) is 16.0. The minimum atomic E-state index is -0.459. The Labute approximate surface area is 134 Å². The zero-order valence-electron chi connectivity index (χ0n) is 12.5. The lowest BCUT2D eigenvalue weighted by Crippen LogP contribution is -2.42. The normalized spacial score (nSPS) is 13.7. The second kappa shape index (κ2) is 5.20. The van der Waals surface area contributed by atoms with Gasteiger partial charge in [0, 0.05) is 12.1 Å². The summed E-state index contributed by atoms with van der Waals surface area (Å²) in [5, 5.41) is 15.9. The van der Waals surface area contributed by atoms with Crippen LogP contribution in [0.4, 0.5) is 0 Å². The van der Waals surface area contributed by atoms with Gasteiger partial charge in [0.2, 0.25) is 10.8 Å². The number of H-pyrrole nitrogens is 1. The number of nitrogens with one attached hydrogen (secondary N) is 1. The highest BCUT2D eigenvalue weighted by atomic mass is 32.2. The van der Waals surface area contributed by atoms with Gasteiger partial charge in [-0.25, -0.2) is 4.79 Å². The fraction of sp³-hybridized carbons (Fsp3) is 0.214. The number of fused-ring (bicyclic) bond motifs is 1. The van der Waals surface area contributed by atoms with Crippen molar-refractivity contribution in [3.63, 3.8) is 0 Å². The summed E-state index contributed by atoms with van der Waals surface area (Å²) >= 11 is 1.48. The predicted molar refractivity (Wildman–Crippen MR) is 83.0 cm³/mol. The van der Waals surface area contributed by atoms with E-state index in [0.29, 0.717) is 28.1 Å². The van der Waals surface area contributed by atoms with Crippen LogP contribution in [0.3, 0.4) is 0 Å². The third kappa shape index (κ3) is 2.29. The molecule has 1 aliphatic rings. The first-order valence-electron chi connectivity index (χ1n) is 6.97. The molecule has 0 fully saturated rings. The van der Waals surface area contributed by atoms with E-state index in [1.807, 2.05) is 38.1 Å². The lowest BCUT2D eigenvalue weighted by atomic mass is 10.2. The van der Waals surface area contributed by atoms with E-state index >= 15 is 0 Å². The second-order valence-corrected chi connectivity index (χ2v) is 6.12. The molecule has 9 heteroatoms. The summed E-state index contributed by atoms with van der Waals surface area (Å²) in [7, 11) is 0. The number of nitrogens with zero attached hydrogens (tertiary/aromatic N) is 5. The number of rotatable bonds is 2. The molecular formula is C14H13N6O2S+. The minimum absolute atomic E-state index is 0.375. The van der Waals surface area contributed by atoms with Crippen molar-refractivity contribution < 1.29 is 9.20 Å². The Kier molecular flexibility index (Phi) is 3.15. The summed E-state index contributed by atoms with van der Waals surface area (Å²) in [5.74, 6) is 1.19. The van der Waals surface area contributed by atoms with Gasteiger partial charge in [-0.15, -0.1) is 10.2 Å². The Balaban J connectivity index is 1.86. The van der Waals surface area contributed by atoms with Gasteiger partial charge in [-0.05, 0) is 23.8 Å². The average molecular weight is 329 g/mol. The van der Waals surface area contributed by atoms with Crippen molar-refractivity contribution >= 4 is 17.5 Å². The largest absolute Gasteiger partial charge is 0.437 e. The first kappa shape index (κ1) is 13.9. The molecule has 0 atom stereocenters. The van der Waals surface area contributed by atoms with Gasteiger partial charge < -0.3 is 0 Å². The van der Waals surface area contributed by atoms with E-state index in [4.69, 9.17) is 4.52 Å². The summed E-state index contributed by atoms with van der Waals surface area (Å²) in [5.41, 5.74) is 2.47. The Bertz CT molecular complexity index is 966. The van der Waals surface area contributed by atoms with Crippen molar-refractivity contribution in [2.75, 3.05) is 5.75 Å². The minimum Gasteiger partial charge on any atom is -0.282 e. The van der Waals surface area contributed by atoms with Crippen molar-refractivity contribution in [2.24, 2.45) is 5.10 Å². The fourth-order valence-corrected chi connectivity index (χ4v) is 3.19. The van der Waals surface area contributed by atoms with Crippen LogP contribution in [-0.4, -0.2) is 31.6 Å². The molecule has 1 N–H and O–H groups in total. The van der Waals surface area contributed by atoms with E-state index in [1.165, 1.54) is 11.8 Å². The molecular weight excluding hydrogens is 316 g/mol. The van der Waals surface area contributed by atoms with Crippen molar-refractivity contribution in [2.45, 2.75) is 19.0 Å². The van der Waals surface area contributed by atoms with Crippen LogP contribution in [0.5, 0.6) is 0 Å². The lowest BCUT2D eigenvalue weighted by Gasteiger charge is -2.09. The summed E-state index contributed by atoms with van der Waals surface area (Å²) in [6.45, 7) is 3.82. The van der Waals surface area contributed by atoms with Gasteiger partial charge in [0.15, 0.2) is 11.5 Å². The highest BCUT2D eigenvalue weighted by Crippen LogP contribution is 2.22. The Morgan fingerprint density at radius 1 is 1.26 bits per heavy atom. The van der Waals surface area contributed by atoms with Crippen LogP contribution in [0.1, 0.15) is 17.1 Å². The standard InChI is InChI=1S/C14H12N6O2S/c1-8-3-5-10(6-4-8)20-12(13(21)22-18-20)11-7-23-14-16-15-9(2)19(14)17-11/h3-6H,7H2,1-2H3/p+1. The van der Waals surface area contributed by atoms with E-state index in [2.05, 4.69) is 20.6 Å². The van der Waals surface area contributed by atoms with Crippen LogP contribution in [0, 0.1) is 13.8 Å². The number of benzene rings is 1. The Morgan fingerprint density at radius 2 is 2.04 bits per heavy atom. The molecule has 0 unspecified atom stereocenters. The molecule has 8 nitrogen and oxygen atoms in total. The van der Waals surface area contributed by atoms with Gasteiger partial charge in [-0.2, -0.15) is 9.78 Å².